The second-order valence-corrected chi connectivity index (χ2v) is 7.50. The molecular weight excluding hydrogens is 481 g/mol. The lowest BCUT2D eigenvalue weighted by Crippen LogP contribution is -2.21. The monoisotopic (exact) mass is 503 g/mol. The summed E-state index contributed by atoms with van der Waals surface area (Å²) in [5.74, 6) is -2.31. The van der Waals surface area contributed by atoms with E-state index in [-0.39, 0.29) is 30.4 Å². The Balaban J connectivity index is 0.000000540. The number of alkyl halides is 3. The van der Waals surface area contributed by atoms with Gasteiger partial charge in [-0.1, -0.05) is 0 Å². The van der Waals surface area contributed by atoms with Crippen LogP contribution < -0.4 is 11.4 Å². The maximum absolute atomic E-state index is 13.0. The minimum atomic E-state index is -5.08. The maximum atomic E-state index is 13.0. The van der Waals surface area contributed by atoms with E-state index >= 15 is 0 Å². The Hall–Kier alpha value is -3.88. The van der Waals surface area contributed by atoms with Crippen LogP contribution in [0.2, 0.25) is 0 Å². The van der Waals surface area contributed by atoms with Gasteiger partial charge in [0, 0.05) is 48.1 Å². The molecule has 10 nitrogen and oxygen atoms in total. The number of carbonyl (C=O) groups is 1. The van der Waals surface area contributed by atoms with Crippen LogP contribution in [0.5, 0.6) is 0 Å². The Kier molecular flexibility index (Phi) is 8.62. The summed E-state index contributed by atoms with van der Waals surface area (Å²) >= 11 is 0. The van der Waals surface area contributed by atoms with Crippen molar-refractivity contribution in [3.8, 4) is 16.9 Å². The second kappa shape index (κ2) is 11.0. The molecule has 0 aliphatic carbocycles. The minimum absolute atomic E-state index is 0.120. The number of hydrogen-bond donors (Lipinski definition) is 3. The van der Waals surface area contributed by atoms with E-state index in [0.29, 0.717) is 11.4 Å². The predicted molar refractivity (Wildman–Crippen MR) is 114 cm³/mol. The van der Waals surface area contributed by atoms with Crippen molar-refractivity contribution in [2.45, 2.75) is 39.4 Å². The Labute approximate surface area is 194 Å². The topological polar surface area (TPSA) is 145 Å². The normalized spacial score (nSPS) is 11.3. The van der Waals surface area contributed by atoms with Crippen molar-refractivity contribution in [3.05, 3.63) is 58.2 Å². The quantitative estimate of drug-likeness (QED) is 0.439. The van der Waals surface area contributed by atoms with Gasteiger partial charge >= 0.3 is 17.8 Å². The van der Waals surface area contributed by atoms with Crippen LogP contribution in [0.3, 0.4) is 0 Å². The molecule has 0 aliphatic heterocycles. The molecule has 0 amide bonds. The van der Waals surface area contributed by atoms with Gasteiger partial charge in [0.05, 0.1) is 6.20 Å². The first kappa shape index (κ1) is 27.4. The number of nitrogens with two attached hydrogens (primary N) is 1. The van der Waals surface area contributed by atoms with E-state index in [1.807, 2.05) is 30.8 Å². The zero-order valence-corrected chi connectivity index (χ0v) is 18.8. The predicted octanol–water partition coefficient (Wildman–Crippen LogP) is 2.99. The van der Waals surface area contributed by atoms with Crippen LogP contribution in [0, 0.1) is 6.92 Å². The summed E-state index contributed by atoms with van der Waals surface area (Å²) in [7, 11) is 0. The number of aromatic nitrogens is 6. The molecule has 0 fully saturated rings. The molecule has 0 saturated heterocycles. The van der Waals surface area contributed by atoms with E-state index in [2.05, 4.69) is 20.3 Å². The van der Waals surface area contributed by atoms with E-state index in [0.717, 1.165) is 11.1 Å². The molecule has 3 heterocycles. The number of rotatable bonds is 6. The highest BCUT2D eigenvalue weighted by atomic mass is 19.4. The number of pyridine rings is 1. The van der Waals surface area contributed by atoms with Crippen molar-refractivity contribution < 1.29 is 31.9 Å². The molecule has 0 saturated carbocycles. The molecule has 3 aromatic rings. The number of nitrogens with one attached hydrogen (secondary N) is 1. The van der Waals surface area contributed by atoms with Crippen LogP contribution in [0.4, 0.5) is 22.0 Å². The van der Waals surface area contributed by atoms with Crippen LogP contribution in [-0.4, -0.2) is 53.3 Å². The third-order valence-corrected chi connectivity index (χ3v) is 4.60. The molecule has 0 atom stereocenters. The lowest BCUT2D eigenvalue weighted by Gasteiger charge is -2.10. The van der Waals surface area contributed by atoms with Gasteiger partial charge in [0.1, 0.15) is 11.6 Å². The first-order valence-corrected chi connectivity index (χ1v) is 9.97. The minimum Gasteiger partial charge on any atom is -0.475 e. The summed E-state index contributed by atoms with van der Waals surface area (Å²) in [5, 5.41) is 17.6. The molecule has 0 spiro atoms. The van der Waals surface area contributed by atoms with Gasteiger partial charge in [-0.25, -0.2) is 24.2 Å². The average Bonchev–Trinajstić information content (AvgIpc) is 3.39. The third-order valence-electron chi connectivity index (χ3n) is 4.60. The van der Waals surface area contributed by atoms with Gasteiger partial charge in [0.25, 0.3) is 6.08 Å². The number of nitrogens with zero attached hydrogens (tertiary/aromatic N) is 5. The van der Waals surface area contributed by atoms with E-state index in [9.17, 15) is 26.7 Å². The van der Waals surface area contributed by atoms with Gasteiger partial charge in [0.2, 0.25) is 0 Å². The Bertz CT molecular complexity index is 1270. The zero-order valence-electron chi connectivity index (χ0n) is 18.8. The number of carboxylic acids is 1. The molecule has 35 heavy (non-hydrogen) atoms. The SMILES string of the molecule is Cc1cc(-c2cnn(C(C)C)c2)cnc1-n1c(CC(CN)=C(F)F)n[nH]c1=O.O=C(O)C(F)(F)F. The molecule has 190 valence electrons. The summed E-state index contributed by atoms with van der Waals surface area (Å²) in [4.78, 5) is 25.5. The van der Waals surface area contributed by atoms with Gasteiger partial charge in [-0.3, -0.25) is 4.68 Å². The van der Waals surface area contributed by atoms with Gasteiger partial charge in [-0.2, -0.15) is 32.1 Å². The van der Waals surface area contributed by atoms with Gasteiger partial charge in [-0.05, 0) is 32.4 Å². The summed E-state index contributed by atoms with van der Waals surface area (Å²) in [6.45, 7) is 5.52. The number of halogens is 5. The van der Waals surface area contributed by atoms with E-state index in [1.165, 1.54) is 4.57 Å². The second-order valence-electron chi connectivity index (χ2n) is 7.50. The Morgan fingerprint density at radius 1 is 1.23 bits per heavy atom. The Morgan fingerprint density at radius 2 is 1.86 bits per heavy atom. The van der Waals surface area contributed by atoms with Crippen LogP contribution in [0.1, 0.15) is 31.3 Å². The van der Waals surface area contributed by atoms with Gasteiger partial charge in [-0.15, -0.1) is 0 Å². The van der Waals surface area contributed by atoms with E-state index < -0.39 is 23.9 Å². The lowest BCUT2D eigenvalue weighted by atomic mass is 10.1. The van der Waals surface area contributed by atoms with Crippen molar-refractivity contribution in [3.63, 3.8) is 0 Å². The van der Waals surface area contributed by atoms with Crippen LogP contribution in [0.25, 0.3) is 16.9 Å². The first-order valence-electron chi connectivity index (χ1n) is 9.97. The zero-order chi connectivity index (χ0) is 26.5. The molecule has 0 bridgehead atoms. The maximum Gasteiger partial charge on any atom is 0.490 e. The first-order chi connectivity index (χ1) is 16.3. The number of hydrogen-bond acceptors (Lipinski definition) is 6. The summed E-state index contributed by atoms with van der Waals surface area (Å²) < 4.78 is 60.7. The molecule has 0 radical (unpaired) electrons. The van der Waals surface area contributed by atoms with Gasteiger partial charge < -0.3 is 10.8 Å². The largest absolute Gasteiger partial charge is 0.490 e. The number of aromatic amines is 1. The third kappa shape index (κ3) is 6.81. The molecule has 4 N–H and O–H groups in total. The Morgan fingerprint density at radius 3 is 2.31 bits per heavy atom. The highest BCUT2D eigenvalue weighted by Crippen LogP contribution is 2.23. The highest BCUT2D eigenvalue weighted by Gasteiger charge is 2.38. The molecule has 0 unspecified atom stereocenters. The number of aliphatic carboxylic acids is 1. The van der Waals surface area contributed by atoms with Crippen molar-refractivity contribution in [2.24, 2.45) is 5.73 Å². The molecule has 0 aromatic carbocycles. The van der Waals surface area contributed by atoms with Crippen LogP contribution in [-0.2, 0) is 11.2 Å². The summed E-state index contributed by atoms with van der Waals surface area (Å²) in [6.07, 6.45) is -1.93. The van der Waals surface area contributed by atoms with E-state index in [4.69, 9.17) is 15.6 Å². The van der Waals surface area contributed by atoms with Crippen LogP contribution in [0.15, 0.2) is 41.1 Å². The fraction of sp³-hybridized carbons (Fsp3) is 0.350. The van der Waals surface area contributed by atoms with Crippen molar-refractivity contribution in [2.75, 3.05) is 6.54 Å². The number of H-pyrrole nitrogens is 1. The van der Waals surface area contributed by atoms with Crippen molar-refractivity contribution >= 4 is 5.97 Å². The molecule has 15 heteroatoms. The summed E-state index contributed by atoms with van der Waals surface area (Å²) in [5.41, 5.74) is 6.95. The fourth-order valence-electron chi connectivity index (χ4n) is 2.80. The number of aryl methyl sites for hydroxylation is 1. The van der Waals surface area contributed by atoms with Crippen LogP contribution >= 0.6 is 0 Å². The molecular formula is C20H22F5N7O3. The number of carboxylic acid groups (broad SMARTS) is 1. The summed E-state index contributed by atoms with van der Waals surface area (Å²) in [6, 6.07) is 2.10. The highest BCUT2D eigenvalue weighted by molar-refractivity contribution is 5.73. The van der Waals surface area contributed by atoms with Gasteiger partial charge in [0.15, 0.2) is 0 Å². The standard InChI is InChI=1S/C18H21F2N7O.C2HF3O2/c1-10(2)26-9-14(8-23-26)13-4-11(3)17(22-7-13)27-15(24-25-18(27)28)5-12(6-21)16(19)20;3-2(4,5)1(6)7/h4,7-10H,5-6,21H2,1-3H3,(H,25,28);(H,6,7). The molecule has 0 aliphatic rings. The molecule has 3 aromatic heterocycles. The van der Waals surface area contributed by atoms with Crippen molar-refractivity contribution in [1.29, 1.82) is 0 Å². The van der Waals surface area contributed by atoms with Crippen molar-refractivity contribution in [1.82, 2.24) is 29.5 Å². The lowest BCUT2D eigenvalue weighted by molar-refractivity contribution is -0.192. The average molecular weight is 503 g/mol. The fourth-order valence-corrected chi connectivity index (χ4v) is 2.80. The smallest absolute Gasteiger partial charge is 0.475 e. The molecule has 3 rings (SSSR count). The van der Waals surface area contributed by atoms with E-state index in [1.54, 1.807) is 19.3 Å².